The second kappa shape index (κ2) is 10.0. The Bertz CT molecular complexity index is 339. The van der Waals surface area contributed by atoms with Crippen LogP contribution in [-0.2, 0) is 4.74 Å². The summed E-state index contributed by atoms with van der Waals surface area (Å²) in [5, 5.41) is 5.91. The average molecular weight is 340 g/mol. The zero-order chi connectivity index (χ0) is 18.1. The van der Waals surface area contributed by atoms with Crippen molar-refractivity contribution >= 4 is 6.09 Å². The van der Waals surface area contributed by atoms with Crippen molar-refractivity contribution in [2.45, 2.75) is 65.7 Å². The summed E-state index contributed by atoms with van der Waals surface area (Å²) in [6, 6.07) is 0. The van der Waals surface area contributed by atoms with E-state index in [9.17, 15) is 18.0 Å². The third-order valence-corrected chi connectivity index (χ3v) is 3.32. The van der Waals surface area contributed by atoms with Crippen LogP contribution in [0.2, 0.25) is 0 Å². The summed E-state index contributed by atoms with van der Waals surface area (Å²) in [4.78, 5) is 11.6. The number of amides is 1. The standard InChI is InChI=1S/C16H31F3N2O2/c1-12(2)13(11-21-14(22)23-15(3,4)5)10-20-9-7-6-8-16(17,18)19/h12-13,20H,6-11H2,1-5H3,(H,21,22). The molecule has 4 nitrogen and oxygen atoms in total. The molecule has 2 N–H and O–H groups in total. The van der Waals surface area contributed by atoms with E-state index in [4.69, 9.17) is 4.74 Å². The molecular weight excluding hydrogens is 309 g/mol. The summed E-state index contributed by atoms with van der Waals surface area (Å²) in [5.41, 5.74) is -0.534. The smallest absolute Gasteiger partial charge is 0.407 e. The summed E-state index contributed by atoms with van der Waals surface area (Å²) in [5.74, 6) is 0.540. The molecule has 23 heavy (non-hydrogen) atoms. The summed E-state index contributed by atoms with van der Waals surface area (Å²) in [6.45, 7) is 11.2. The van der Waals surface area contributed by atoms with Crippen LogP contribution < -0.4 is 10.6 Å². The van der Waals surface area contributed by atoms with E-state index in [2.05, 4.69) is 10.6 Å². The molecule has 1 amide bonds. The number of carbonyl (C=O) groups excluding carboxylic acids is 1. The van der Waals surface area contributed by atoms with Crippen molar-refractivity contribution < 1.29 is 22.7 Å². The maximum Gasteiger partial charge on any atom is 0.407 e. The lowest BCUT2D eigenvalue weighted by Gasteiger charge is -2.24. The van der Waals surface area contributed by atoms with Gasteiger partial charge in [-0.3, -0.25) is 0 Å². The highest BCUT2D eigenvalue weighted by atomic mass is 19.4. The van der Waals surface area contributed by atoms with E-state index >= 15 is 0 Å². The normalized spacial score (nSPS) is 14.0. The molecule has 0 spiro atoms. The topological polar surface area (TPSA) is 50.4 Å². The first kappa shape index (κ1) is 22.0. The monoisotopic (exact) mass is 340 g/mol. The summed E-state index contributed by atoms with van der Waals surface area (Å²) >= 11 is 0. The van der Waals surface area contributed by atoms with E-state index in [0.29, 0.717) is 32.0 Å². The Kier molecular flexibility index (Phi) is 9.58. The van der Waals surface area contributed by atoms with Crippen LogP contribution in [0.1, 0.15) is 53.9 Å². The van der Waals surface area contributed by atoms with E-state index in [1.807, 2.05) is 13.8 Å². The lowest BCUT2D eigenvalue weighted by Crippen LogP contribution is -2.39. The van der Waals surface area contributed by atoms with Crippen LogP contribution in [-0.4, -0.2) is 37.5 Å². The number of hydrogen-bond acceptors (Lipinski definition) is 3. The zero-order valence-corrected chi connectivity index (χ0v) is 14.8. The lowest BCUT2D eigenvalue weighted by atomic mass is 9.95. The first-order chi connectivity index (χ1) is 10.4. The largest absolute Gasteiger partial charge is 0.444 e. The van der Waals surface area contributed by atoms with Crippen LogP contribution in [0.5, 0.6) is 0 Å². The molecule has 1 unspecified atom stereocenters. The minimum atomic E-state index is -4.07. The molecule has 0 radical (unpaired) electrons. The predicted molar refractivity (Wildman–Crippen MR) is 85.3 cm³/mol. The van der Waals surface area contributed by atoms with Crippen molar-refractivity contribution in [1.82, 2.24) is 10.6 Å². The Labute approximate surface area is 137 Å². The van der Waals surface area contributed by atoms with Crippen LogP contribution >= 0.6 is 0 Å². The highest BCUT2D eigenvalue weighted by Gasteiger charge is 2.25. The van der Waals surface area contributed by atoms with Gasteiger partial charge in [0.15, 0.2) is 0 Å². The Morgan fingerprint density at radius 1 is 1.09 bits per heavy atom. The van der Waals surface area contributed by atoms with E-state index in [-0.39, 0.29) is 12.3 Å². The Morgan fingerprint density at radius 3 is 2.17 bits per heavy atom. The molecule has 0 saturated heterocycles. The highest BCUT2D eigenvalue weighted by Crippen LogP contribution is 2.21. The number of alkyl carbamates (subject to hydrolysis) is 1. The Morgan fingerprint density at radius 2 is 1.70 bits per heavy atom. The first-order valence-corrected chi connectivity index (χ1v) is 8.15. The molecule has 0 bridgehead atoms. The van der Waals surface area contributed by atoms with Crippen molar-refractivity contribution in [2.75, 3.05) is 19.6 Å². The summed E-state index contributed by atoms with van der Waals surface area (Å²) < 4.78 is 41.2. The van der Waals surface area contributed by atoms with Crippen LogP contribution in [0, 0.1) is 11.8 Å². The van der Waals surface area contributed by atoms with Gasteiger partial charge >= 0.3 is 12.3 Å². The second-order valence-corrected chi connectivity index (χ2v) is 7.16. The fraction of sp³-hybridized carbons (Fsp3) is 0.938. The molecule has 0 aromatic rings. The van der Waals surface area contributed by atoms with Crippen molar-refractivity contribution in [3.8, 4) is 0 Å². The molecule has 0 aromatic heterocycles. The molecule has 0 heterocycles. The number of hydrogen-bond donors (Lipinski definition) is 2. The third kappa shape index (κ3) is 14.3. The average Bonchev–Trinajstić information content (AvgIpc) is 2.32. The molecule has 0 aliphatic heterocycles. The second-order valence-electron chi connectivity index (χ2n) is 7.16. The minimum absolute atomic E-state index is 0.138. The van der Waals surface area contributed by atoms with Gasteiger partial charge in [-0.15, -0.1) is 0 Å². The molecule has 1 atom stereocenters. The number of halogens is 3. The Hall–Kier alpha value is -0.980. The van der Waals surface area contributed by atoms with Gasteiger partial charge in [-0.25, -0.2) is 4.79 Å². The SMILES string of the molecule is CC(C)C(CNCCCCC(F)(F)F)CNC(=O)OC(C)(C)C. The number of ether oxygens (including phenoxy) is 1. The van der Waals surface area contributed by atoms with Gasteiger partial charge in [-0.05, 0) is 58.5 Å². The van der Waals surface area contributed by atoms with E-state index in [1.165, 1.54) is 0 Å². The van der Waals surface area contributed by atoms with Gasteiger partial charge in [0.1, 0.15) is 5.60 Å². The summed E-state index contributed by atoms with van der Waals surface area (Å²) in [6.07, 6.45) is -4.63. The maximum absolute atomic E-state index is 12.0. The lowest BCUT2D eigenvalue weighted by molar-refractivity contribution is -0.135. The van der Waals surface area contributed by atoms with E-state index in [1.54, 1.807) is 20.8 Å². The number of unbranched alkanes of at least 4 members (excludes halogenated alkanes) is 1. The minimum Gasteiger partial charge on any atom is -0.444 e. The molecular formula is C16H31F3N2O2. The van der Waals surface area contributed by atoms with Crippen LogP contribution in [0.4, 0.5) is 18.0 Å². The molecule has 0 aromatic carbocycles. The van der Waals surface area contributed by atoms with Crippen molar-refractivity contribution in [1.29, 1.82) is 0 Å². The molecule has 7 heteroatoms. The zero-order valence-electron chi connectivity index (χ0n) is 14.8. The number of rotatable bonds is 9. The fourth-order valence-electron chi connectivity index (χ4n) is 1.94. The van der Waals surface area contributed by atoms with Crippen LogP contribution in [0.15, 0.2) is 0 Å². The molecule has 0 aliphatic carbocycles. The van der Waals surface area contributed by atoms with Gasteiger partial charge < -0.3 is 15.4 Å². The van der Waals surface area contributed by atoms with E-state index in [0.717, 1.165) is 0 Å². The van der Waals surface area contributed by atoms with Gasteiger partial charge in [-0.2, -0.15) is 13.2 Å². The number of alkyl halides is 3. The van der Waals surface area contributed by atoms with Crippen LogP contribution in [0.3, 0.4) is 0 Å². The van der Waals surface area contributed by atoms with Gasteiger partial charge in [0, 0.05) is 13.0 Å². The van der Waals surface area contributed by atoms with Gasteiger partial charge in [0.25, 0.3) is 0 Å². The van der Waals surface area contributed by atoms with Crippen LogP contribution in [0.25, 0.3) is 0 Å². The highest BCUT2D eigenvalue weighted by molar-refractivity contribution is 5.67. The fourth-order valence-corrected chi connectivity index (χ4v) is 1.94. The maximum atomic E-state index is 12.0. The third-order valence-electron chi connectivity index (χ3n) is 3.32. The van der Waals surface area contributed by atoms with E-state index < -0.39 is 24.3 Å². The van der Waals surface area contributed by atoms with Gasteiger partial charge in [0.05, 0.1) is 0 Å². The van der Waals surface area contributed by atoms with Crippen molar-refractivity contribution in [2.24, 2.45) is 11.8 Å². The summed E-state index contributed by atoms with van der Waals surface area (Å²) in [7, 11) is 0. The Balaban J connectivity index is 3.93. The number of carbonyl (C=O) groups is 1. The van der Waals surface area contributed by atoms with Gasteiger partial charge in [0.2, 0.25) is 0 Å². The molecule has 138 valence electrons. The predicted octanol–water partition coefficient (Wildman–Crippen LogP) is 4.11. The molecule has 0 aliphatic rings. The first-order valence-electron chi connectivity index (χ1n) is 8.15. The molecule has 0 rings (SSSR count). The molecule has 0 fully saturated rings. The molecule has 0 saturated carbocycles. The quantitative estimate of drug-likeness (QED) is 0.621. The van der Waals surface area contributed by atoms with Crippen molar-refractivity contribution in [3.05, 3.63) is 0 Å². The number of nitrogens with one attached hydrogen (secondary N) is 2. The van der Waals surface area contributed by atoms with Crippen molar-refractivity contribution in [3.63, 3.8) is 0 Å². The van der Waals surface area contributed by atoms with Gasteiger partial charge in [-0.1, -0.05) is 13.8 Å².